The normalized spacial score (nSPS) is 28.8. The SMILES string of the molecule is Cc1ccc([C@@]23C[C@]4(c5ccc(C)cc5)N(c5ccccc5N2C3(Cl)Cl)C4(Cl)Cl)cc1. The van der Waals surface area contributed by atoms with Crippen molar-refractivity contribution in [2.24, 2.45) is 0 Å². The second-order valence-corrected chi connectivity index (χ2v) is 11.4. The highest BCUT2D eigenvalue weighted by Gasteiger charge is 2.87. The number of benzene rings is 3. The van der Waals surface area contributed by atoms with E-state index in [0.717, 1.165) is 22.5 Å². The summed E-state index contributed by atoms with van der Waals surface area (Å²) in [5, 5.41) is 0. The minimum Gasteiger partial charge on any atom is -0.321 e. The van der Waals surface area contributed by atoms with Crippen molar-refractivity contribution in [3.8, 4) is 0 Å². The molecule has 158 valence electrons. The summed E-state index contributed by atoms with van der Waals surface area (Å²) in [6, 6.07) is 24.9. The number of nitrogens with zero attached hydrogens (tertiary/aromatic N) is 2. The Morgan fingerprint density at radius 1 is 0.581 bits per heavy atom. The van der Waals surface area contributed by atoms with Crippen LogP contribution in [0.3, 0.4) is 0 Å². The van der Waals surface area contributed by atoms with Crippen molar-refractivity contribution in [3.63, 3.8) is 0 Å². The summed E-state index contributed by atoms with van der Waals surface area (Å²) in [6.07, 6.45) is 0.556. The molecule has 3 aromatic carbocycles. The fourth-order valence-electron chi connectivity index (χ4n) is 5.46. The summed E-state index contributed by atoms with van der Waals surface area (Å²) < 4.78 is -2.23. The Bertz CT molecular complexity index is 1110. The van der Waals surface area contributed by atoms with Crippen LogP contribution in [-0.2, 0) is 11.1 Å². The number of anilines is 2. The molecule has 2 atom stereocenters. The highest BCUT2D eigenvalue weighted by atomic mass is 35.5. The van der Waals surface area contributed by atoms with Gasteiger partial charge in [-0.25, -0.2) is 0 Å². The molecule has 6 heteroatoms. The first-order valence-electron chi connectivity index (χ1n) is 10.3. The molecule has 0 radical (unpaired) electrons. The van der Waals surface area contributed by atoms with E-state index < -0.39 is 20.0 Å². The van der Waals surface area contributed by atoms with E-state index in [4.69, 9.17) is 46.4 Å². The van der Waals surface area contributed by atoms with Crippen LogP contribution in [0.15, 0.2) is 72.8 Å². The van der Waals surface area contributed by atoms with Crippen LogP contribution in [0.1, 0.15) is 28.7 Å². The van der Waals surface area contributed by atoms with Gasteiger partial charge in [-0.15, -0.1) is 0 Å². The lowest BCUT2D eigenvalue weighted by atomic mass is 9.83. The maximum atomic E-state index is 7.08. The van der Waals surface area contributed by atoms with Gasteiger partial charge in [-0.05, 0) is 37.1 Å². The lowest BCUT2D eigenvalue weighted by molar-refractivity contribution is 0.501. The average molecular weight is 490 g/mol. The molecule has 3 aromatic rings. The Labute approximate surface area is 202 Å². The molecular formula is C25H20Cl4N2. The topological polar surface area (TPSA) is 6.02 Å². The monoisotopic (exact) mass is 488 g/mol. The van der Waals surface area contributed by atoms with E-state index in [0.29, 0.717) is 6.42 Å². The highest BCUT2D eigenvalue weighted by Crippen LogP contribution is 2.80. The summed E-state index contributed by atoms with van der Waals surface area (Å²) in [4.78, 5) is 4.21. The molecule has 0 N–H and O–H groups in total. The van der Waals surface area contributed by atoms with E-state index in [2.05, 4.69) is 72.2 Å². The summed E-state index contributed by atoms with van der Waals surface area (Å²) in [5.41, 5.74) is 5.03. The molecule has 0 aliphatic carbocycles. The van der Waals surface area contributed by atoms with E-state index in [-0.39, 0.29) is 0 Å². The van der Waals surface area contributed by atoms with Crippen LogP contribution in [0.5, 0.6) is 0 Å². The quantitative estimate of drug-likeness (QED) is 0.210. The fraction of sp³-hybridized carbons (Fsp3) is 0.280. The van der Waals surface area contributed by atoms with Crippen molar-refractivity contribution in [2.75, 3.05) is 9.80 Å². The Morgan fingerprint density at radius 3 is 1.29 bits per heavy atom. The molecular weight excluding hydrogens is 470 g/mol. The molecule has 2 fully saturated rings. The molecule has 31 heavy (non-hydrogen) atoms. The van der Waals surface area contributed by atoms with E-state index in [1.165, 1.54) is 11.1 Å². The van der Waals surface area contributed by atoms with Gasteiger partial charge in [0, 0.05) is 6.42 Å². The number of hydrogen-bond acceptors (Lipinski definition) is 2. The number of fused-ring (bicyclic) bond motifs is 5. The molecule has 3 aliphatic rings. The molecule has 0 aromatic heterocycles. The van der Waals surface area contributed by atoms with Gasteiger partial charge in [0.15, 0.2) is 0 Å². The second kappa shape index (κ2) is 6.05. The lowest BCUT2D eigenvalue weighted by Gasteiger charge is -2.24. The third-order valence-electron chi connectivity index (χ3n) is 7.15. The van der Waals surface area contributed by atoms with Crippen molar-refractivity contribution < 1.29 is 0 Å². The Balaban J connectivity index is 1.65. The largest absolute Gasteiger partial charge is 0.321 e. The molecule has 0 saturated carbocycles. The summed E-state index contributed by atoms with van der Waals surface area (Å²) in [6.45, 7) is 4.14. The number of halogens is 4. The zero-order valence-electron chi connectivity index (χ0n) is 17.0. The van der Waals surface area contributed by atoms with Gasteiger partial charge in [0.2, 0.25) is 8.91 Å². The van der Waals surface area contributed by atoms with E-state index in [1.807, 2.05) is 24.3 Å². The smallest absolute Gasteiger partial charge is 0.219 e. The summed E-state index contributed by atoms with van der Waals surface area (Å²) in [5.74, 6) is 0. The van der Waals surface area contributed by atoms with Crippen LogP contribution in [0, 0.1) is 13.8 Å². The van der Waals surface area contributed by atoms with Gasteiger partial charge >= 0.3 is 0 Å². The van der Waals surface area contributed by atoms with Gasteiger partial charge in [0.05, 0.1) is 11.4 Å². The third-order valence-corrected chi connectivity index (χ3v) is 9.08. The van der Waals surface area contributed by atoms with Crippen LogP contribution in [-0.4, -0.2) is 8.91 Å². The molecule has 3 aliphatic heterocycles. The van der Waals surface area contributed by atoms with Gasteiger partial charge in [0.25, 0.3) is 0 Å². The van der Waals surface area contributed by atoms with Crippen molar-refractivity contribution in [1.29, 1.82) is 0 Å². The molecule has 0 amide bonds. The van der Waals surface area contributed by atoms with Crippen molar-refractivity contribution in [1.82, 2.24) is 0 Å². The maximum absolute atomic E-state index is 7.08. The standard InChI is InChI=1S/C25H20Cl4N2/c1-16-7-11-18(12-8-16)22-15-23(19-13-9-17(2)10-14-19)25(28,29)31(23)21-6-4-3-5-20(21)30(22)24(22,26)27/h3-14H,15H2,1-2H3/t22-,23-,30?,31?/m1/s1. The molecule has 0 bridgehead atoms. The average Bonchev–Trinajstić information content (AvgIpc) is 3.47. The van der Waals surface area contributed by atoms with Gasteiger partial charge < -0.3 is 9.80 Å². The Hall–Kier alpha value is -1.58. The van der Waals surface area contributed by atoms with Crippen molar-refractivity contribution in [3.05, 3.63) is 95.1 Å². The molecule has 0 spiro atoms. The van der Waals surface area contributed by atoms with Crippen LogP contribution in [0.2, 0.25) is 0 Å². The minimum atomic E-state index is -1.12. The Morgan fingerprint density at radius 2 is 0.935 bits per heavy atom. The highest BCUT2D eigenvalue weighted by molar-refractivity contribution is 6.56. The summed E-state index contributed by atoms with van der Waals surface area (Å²) in [7, 11) is 0. The van der Waals surface area contributed by atoms with Gasteiger partial charge in [-0.1, -0.05) is 118 Å². The van der Waals surface area contributed by atoms with E-state index in [9.17, 15) is 0 Å². The first-order chi connectivity index (χ1) is 14.7. The number of alkyl halides is 4. The van der Waals surface area contributed by atoms with Crippen LogP contribution in [0.25, 0.3) is 0 Å². The predicted molar refractivity (Wildman–Crippen MR) is 131 cm³/mol. The number of rotatable bonds is 2. The van der Waals surface area contributed by atoms with Crippen molar-refractivity contribution >= 4 is 57.8 Å². The zero-order valence-corrected chi connectivity index (χ0v) is 20.1. The molecule has 3 heterocycles. The van der Waals surface area contributed by atoms with Crippen LogP contribution in [0.4, 0.5) is 11.4 Å². The minimum absolute atomic E-state index is 0.556. The lowest BCUT2D eigenvalue weighted by Crippen LogP contribution is -2.29. The maximum Gasteiger partial charge on any atom is 0.219 e. The second-order valence-electron chi connectivity index (χ2n) is 8.87. The van der Waals surface area contributed by atoms with Gasteiger partial charge in [-0.3, -0.25) is 0 Å². The molecule has 6 rings (SSSR count). The number of hydrogen-bond donors (Lipinski definition) is 0. The zero-order chi connectivity index (χ0) is 21.8. The number of aryl methyl sites for hydroxylation is 2. The third kappa shape index (κ3) is 2.27. The Kier molecular flexibility index (Phi) is 3.92. The fourth-order valence-corrected chi connectivity index (χ4v) is 7.27. The molecule has 0 unspecified atom stereocenters. The van der Waals surface area contributed by atoms with Gasteiger partial charge in [-0.2, -0.15) is 0 Å². The van der Waals surface area contributed by atoms with Crippen LogP contribution >= 0.6 is 46.4 Å². The first kappa shape index (κ1) is 20.1. The van der Waals surface area contributed by atoms with E-state index in [1.54, 1.807) is 0 Å². The molecule has 2 nitrogen and oxygen atoms in total. The molecule has 2 saturated heterocycles. The van der Waals surface area contributed by atoms with Crippen molar-refractivity contribution in [2.45, 2.75) is 40.3 Å². The predicted octanol–water partition coefficient (Wildman–Crippen LogP) is 7.40. The first-order valence-corrected chi connectivity index (χ1v) is 11.8. The van der Waals surface area contributed by atoms with Gasteiger partial charge in [0.1, 0.15) is 11.1 Å². The summed E-state index contributed by atoms with van der Waals surface area (Å²) >= 11 is 28.3. The van der Waals surface area contributed by atoms with Crippen LogP contribution < -0.4 is 9.80 Å². The van der Waals surface area contributed by atoms with E-state index >= 15 is 0 Å². The number of para-hydroxylation sites is 2.